The molecule has 0 aliphatic rings. The summed E-state index contributed by atoms with van der Waals surface area (Å²) in [6, 6.07) is 7.87. The summed E-state index contributed by atoms with van der Waals surface area (Å²) in [5.74, 6) is -0.160. The normalized spacial score (nSPS) is 10.4. The highest BCUT2D eigenvalue weighted by Crippen LogP contribution is 2.20. The fourth-order valence-electron chi connectivity index (χ4n) is 1.96. The Morgan fingerprint density at radius 2 is 2.05 bits per heavy atom. The summed E-state index contributed by atoms with van der Waals surface area (Å²) in [5.41, 5.74) is 4.06. The van der Waals surface area contributed by atoms with Crippen molar-refractivity contribution in [1.29, 1.82) is 0 Å². The van der Waals surface area contributed by atoms with Gasteiger partial charge in [0.25, 0.3) is 0 Å². The number of aromatic nitrogens is 2. The predicted octanol–water partition coefficient (Wildman–Crippen LogP) is 2.78. The van der Waals surface area contributed by atoms with E-state index in [0.29, 0.717) is 12.2 Å². The maximum Gasteiger partial charge on any atom is 0.303 e. The standard InChI is InChI=1S/C15H16N2O2/c1-10-3-5-13(11(2)9-10)15-16-8-7-12(17-15)4-6-14(18)19/h3,5,7-9H,4,6H2,1-2H3,(H,18,19). The van der Waals surface area contributed by atoms with E-state index in [0.717, 1.165) is 16.8 Å². The van der Waals surface area contributed by atoms with Crippen molar-refractivity contribution in [2.24, 2.45) is 0 Å². The van der Waals surface area contributed by atoms with Crippen LogP contribution < -0.4 is 0 Å². The molecule has 1 heterocycles. The highest BCUT2D eigenvalue weighted by molar-refractivity contribution is 5.67. The minimum Gasteiger partial charge on any atom is -0.481 e. The van der Waals surface area contributed by atoms with Crippen molar-refractivity contribution < 1.29 is 9.90 Å². The molecule has 2 rings (SSSR count). The van der Waals surface area contributed by atoms with E-state index in [-0.39, 0.29) is 6.42 Å². The van der Waals surface area contributed by atoms with Gasteiger partial charge in [-0.1, -0.05) is 23.8 Å². The van der Waals surface area contributed by atoms with E-state index >= 15 is 0 Å². The number of hydrogen-bond donors (Lipinski definition) is 1. The lowest BCUT2D eigenvalue weighted by Crippen LogP contribution is -2.01. The first-order valence-corrected chi connectivity index (χ1v) is 6.17. The van der Waals surface area contributed by atoms with Gasteiger partial charge in [0.15, 0.2) is 5.82 Å². The zero-order valence-corrected chi connectivity index (χ0v) is 11.1. The summed E-state index contributed by atoms with van der Waals surface area (Å²) in [4.78, 5) is 19.3. The average molecular weight is 256 g/mol. The molecule has 1 N–H and O–H groups in total. The van der Waals surface area contributed by atoms with Crippen LogP contribution in [0.3, 0.4) is 0 Å². The van der Waals surface area contributed by atoms with E-state index in [2.05, 4.69) is 16.0 Å². The number of aryl methyl sites for hydroxylation is 3. The Hall–Kier alpha value is -2.23. The molecule has 0 fully saturated rings. The van der Waals surface area contributed by atoms with Gasteiger partial charge in [0.1, 0.15) is 0 Å². The van der Waals surface area contributed by atoms with E-state index in [4.69, 9.17) is 5.11 Å². The minimum atomic E-state index is -0.813. The number of rotatable bonds is 4. The van der Waals surface area contributed by atoms with Crippen molar-refractivity contribution in [3.8, 4) is 11.4 Å². The van der Waals surface area contributed by atoms with E-state index in [1.54, 1.807) is 12.3 Å². The maximum atomic E-state index is 10.6. The number of carboxylic acids is 1. The maximum absolute atomic E-state index is 10.6. The zero-order valence-electron chi connectivity index (χ0n) is 11.1. The van der Waals surface area contributed by atoms with Crippen molar-refractivity contribution >= 4 is 5.97 Å². The summed E-state index contributed by atoms with van der Waals surface area (Å²) in [7, 11) is 0. The first-order chi connectivity index (χ1) is 9.06. The number of nitrogens with zero attached hydrogens (tertiary/aromatic N) is 2. The van der Waals surface area contributed by atoms with Crippen LogP contribution in [0.5, 0.6) is 0 Å². The van der Waals surface area contributed by atoms with Crippen molar-refractivity contribution in [3.05, 3.63) is 47.3 Å². The van der Waals surface area contributed by atoms with Crippen molar-refractivity contribution in [1.82, 2.24) is 9.97 Å². The molecule has 0 saturated carbocycles. The Kier molecular flexibility index (Phi) is 3.90. The monoisotopic (exact) mass is 256 g/mol. The average Bonchev–Trinajstić information content (AvgIpc) is 2.36. The van der Waals surface area contributed by atoms with E-state index in [1.165, 1.54) is 5.56 Å². The molecule has 1 aromatic heterocycles. The molecule has 0 aliphatic carbocycles. The van der Waals surface area contributed by atoms with Gasteiger partial charge in [-0.2, -0.15) is 0 Å². The van der Waals surface area contributed by atoms with Crippen LogP contribution in [-0.4, -0.2) is 21.0 Å². The van der Waals surface area contributed by atoms with Gasteiger partial charge < -0.3 is 5.11 Å². The topological polar surface area (TPSA) is 63.1 Å². The summed E-state index contributed by atoms with van der Waals surface area (Å²) in [6.45, 7) is 4.07. The van der Waals surface area contributed by atoms with E-state index in [1.807, 2.05) is 26.0 Å². The lowest BCUT2D eigenvalue weighted by Gasteiger charge is -2.07. The van der Waals surface area contributed by atoms with Crippen LogP contribution in [0.2, 0.25) is 0 Å². The van der Waals surface area contributed by atoms with Crippen molar-refractivity contribution in [3.63, 3.8) is 0 Å². The van der Waals surface area contributed by atoms with Gasteiger partial charge in [-0.05, 0) is 25.5 Å². The third kappa shape index (κ3) is 3.37. The van der Waals surface area contributed by atoms with E-state index < -0.39 is 5.97 Å². The van der Waals surface area contributed by atoms with Crippen LogP contribution >= 0.6 is 0 Å². The minimum absolute atomic E-state index is 0.0866. The lowest BCUT2D eigenvalue weighted by atomic mass is 10.1. The highest BCUT2D eigenvalue weighted by Gasteiger charge is 2.07. The molecule has 0 unspecified atom stereocenters. The third-order valence-corrected chi connectivity index (χ3v) is 2.93. The first-order valence-electron chi connectivity index (χ1n) is 6.17. The fraction of sp³-hybridized carbons (Fsp3) is 0.267. The van der Waals surface area contributed by atoms with Crippen LogP contribution in [0.25, 0.3) is 11.4 Å². The predicted molar refractivity (Wildman–Crippen MR) is 72.9 cm³/mol. The number of carbonyl (C=O) groups is 1. The SMILES string of the molecule is Cc1ccc(-c2nccc(CCC(=O)O)n2)c(C)c1. The Balaban J connectivity index is 2.29. The van der Waals surface area contributed by atoms with Crippen LogP contribution in [-0.2, 0) is 11.2 Å². The second-order valence-electron chi connectivity index (χ2n) is 4.58. The summed E-state index contributed by atoms with van der Waals surface area (Å²) in [6.07, 6.45) is 2.19. The second kappa shape index (κ2) is 5.61. The summed E-state index contributed by atoms with van der Waals surface area (Å²) < 4.78 is 0. The molecule has 0 bridgehead atoms. The highest BCUT2D eigenvalue weighted by atomic mass is 16.4. The Labute approximate surface area is 112 Å². The van der Waals surface area contributed by atoms with Gasteiger partial charge in [-0.15, -0.1) is 0 Å². The fourth-order valence-corrected chi connectivity index (χ4v) is 1.96. The molecule has 0 aliphatic heterocycles. The lowest BCUT2D eigenvalue weighted by molar-refractivity contribution is -0.136. The molecule has 4 heteroatoms. The molecule has 4 nitrogen and oxygen atoms in total. The molecule has 0 radical (unpaired) electrons. The smallest absolute Gasteiger partial charge is 0.303 e. The largest absolute Gasteiger partial charge is 0.481 e. The number of benzene rings is 1. The number of carboxylic acid groups (broad SMARTS) is 1. The summed E-state index contributed by atoms with van der Waals surface area (Å²) in [5, 5.41) is 8.69. The third-order valence-electron chi connectivity index (χ3n) is 2.93. The Morgan fingerprint density at radius 1 is 1.26 bits per heavy atom. The van der Waals surface area contributed by atoms with Crippen molar-refractivity contribution in [2.45, 2.75) is 26.7 Å². The zero-order chi connectivity index (χ0) is 13.8. The molecule has 0 amide bonds. The van der Waals surface area contributed by atoms with Gasteiger partial charge in [0.05, 0.1) is 6.42 Å². The van der Waals surface area contributed by atoms with Gasteiger partial charge >= 0.3 is 5.97 Å². The number of aliphatic carboxylic acids is 1. The van der Waals surface area contributed by atoms with Gasteiger partial charge in [0.2, 0.25) is 0 Å². The van der Waals surface area contributed by atoms with Crippen LogP contribution in [0, 0.1) is 13.8 Å². The van der Waals surface area contributed by atoms with Crippen LogP contribution in [0.15, 0.2) is 30.5 Å². The molecule has 19 heavy (non-hydrogen) atoms. The Bertz CT molecular complexity index is 609. The first kappa shape index (κ1) is 13.2. The van der Waals surface area contributed by atoms with E-state index in [9.17, 15) is 4.79 Å². The van der Waals surface area contributed by atoms with Gasteiger partial charge in [0, 0.05) is 23.9 Å². The molecule has 98 valence electrons. The molecule has 0 spiro atoms. The van der Waals surface area contributed by atoms with Crippen molar-refractivity contribution in [2.75, 3.05) is 0 Å². The Morgan fingerprint density at radius 3 is 2.74 bits per heavy atom. The number of hydrogen-bond acceptors (Lipinski definition) is 3. The van der Waals surface area contributed by atoms with Gasteiger partial charge in [-0.25, -0.2) is 9.97 Å². The molecule has 0 atom stereocenters. The molecule has 1 aromatic carbocycles. The van der Waals surface area contributed by atoms with Gasteiger partial charge in [-0.3, -0.25) is 4.79 Å². The van der Waals surface area contributed by atoms with Crippen LogP contribution in [0.4, 0.5) is 0 Å². The second-order valence-corrected chi connectivity index (χ2v) is 4.58. The quantitative estimate of drug-likeness (QED) is 0.913. The molecule has 2 aromatic rings. The molecular formula is C15H16N2O2. The molecular weight excluding hydrogens is 240 g/mol. The molecule has 0 saturated heterocycles. The van der Waals surface area contributed by atoms with Crippen LogP contribution in [0.1, 0.15) is 23.2 Å². The summed E-state index contributed by atoms with van der Waals surface area (Å²) >= 11 is 0.